The Morgan fingerprint density at radius 2 is 2.29 bits per heavy atom. The molecule has 0 aliphatic carbocycles. The van der Waals surface area contributed by atoms with Gasteiger partial charge in [0, 0.05) is 50.8 Å². The molecule has 2 N–H and O–H groups in total. The van der Waals surface area contributed by atoms with Crippen molar-refractivity contribution >= 4 is 5.69 Å². The van der Waals surface area contributed by atoms with E-state index < -0.39 is 0 Å². The molecule has 5 heteroatoms. The first kappa shape index (κ1) is 11.6. The van der Waals surface area contributed by atoms with Gasteiger partial charge in [0.2, 0.25) is 0 Å². The summed E-state index contributed by atoms with van der Waals surface area (Å²) in [5.41, 5.74) is 8.78. The molecular formula is C12H17N5. The Morgan fingerprint density at radius 3 is 2.94 bits per heavy atom. The second-order valence-corrected chi connectivity index (χ2v) is 4.09. The van der Waals surface area contributed by atoms with E-state index in [1.165, 1.54) is 5.56 Å². The van der Waals surface area contributed by atoms with Crippen LogP contribution in [0, 0.1) is 0 Å². The fourth-order valence-corrected chi connectivity index (χ4v) is 1.73. The maximum absolute atomic E-state index is 5.58. The first-order valence-corrected chi connectivity index (χ1v) is 5.52. The van der Waals surface area contributed by atoms with Gasteiger partial charge in [-0.2, -0.15) is 5.10 Å². The van der Waals surface area contributed by atoms with Gasteiger partial charge in [0.15, 0.2) is 0 Å². The average molecular weight is 231 g/mol. The Morgan fingerprint density at radius 1 is 1.47 bits per heavy atom. The van der Waals surface area contributed by atoms with Gasteiger partial charge in [-0.25, -0.2) is 0 Å². The maximum atomic E-state index is 5.58. The van der Waals surface area contributed by atoms with Gasteiger partial charge >= 0.3 is 0 Å². The lowest BCUT2D eigenvalue weighted by molar-refractivity contribution is 0.766. The van der Waals surface area contributed by atoms with Gasteiger partial charge in [-0.15, -0.1) is 0 Å². The molecule has 2 rings (SSSR count). The molecule has 0 bridgehead atoms. The topological polar surface area (TPSA) is 60.0 Å². The zero-order valence-electron chi connectivity index (χ0n) is 10.2. The van der Waals surface area contributed by atoms with Crippen LogP contribution in [-0.4, -0.2) is 21.8 Å². The summed E-state index contributed by atoms with van der Waals surface area (Å²) in [6.45, 7) is 1.29. The fraction of sp³-hybridized carbons (Fsp3) is 0.333. The number of nitrogens with two attached hydrogens (primary N) is 1. The fourth-order valence-electron chi connectivity index (χ4n) is 1.73. The van der Waals surface area contributed by atoms with Crippen LogP contribution in [0.15, 0.2) is 30.7 Å². The Balaban J connectivity index is 2.11. The minimum Gasteiger partial charge on any atom is -0.370 e. The minimum atomic E-state index is 0.467. The maximum Gasteiger partial charge on any atom is 0.0560 e. The van der Waals surface area contributed by atoms with E-state index in [9.17, 15) is 0 Å². The largest absolute Gasteiger partial charge is 0.370 e. The van der Waals surface area contributed by atoms with Gasteiger partial charge in [0.25, 0.3) is 0 Å². The van der Waals surface area contributed by atoms with Gasteiger partial charge < -0.3 is 10.6 Å². The van der Waals surface area contributed by atoms with Crippen LogP contribution in [0.4, 0.5) is 5.69 Å². The molecule has 0 radical (unpaired) electrons. The van der Waals surface area contributed by atoms with Gasteiger partial charge in [0.1, 0.15) is 0 Å². The van der Waals surface area contributed by atoms with Crippen LogP contribution in [0.5, 0.6) is 0 Å². The molecule has 0 spiro atoms. The van der Waals surface area contributed by atoms with E-state index in [1.54, 1.807) is 10.9 Å². The van der Waals surface area contributed by atoms with E-state index in [4.69, 9.17) is 5.73 Å². The number of pyridine rings is 1. The number of hydrogen-bond donors (Lipinski definition) is 1. The Hall–Kier alpha value is -1.88. The number of hydrogen-bond acceptors (Lipinski definition) is 4. The number of nitrogens with zero attached hydrogens (tertiary/aromatic N) is 4. The predicted octanol–water partition coefficient (Wildman–Crippen LogP) is 0.910. The summed E-state index contributed by atoms with van der Waals surface area (Å²) in [6.07, 6.45) is 5.68. The molecule has 0 atom stereocenters. The standard InChI is InChI=1S/C12H17N5/c1-16(8-10-7-15-17(2)9-10)12-3-4-14-11(5-12)6-13/h3-5,7,9H,6,8,13H2,1-2H3. The van der Waals surface area contributed by atoms with E-state index >= 15 is 0 Å². The molecule has 0 aliphatic heterocycles. The highest BCUT2D eigenvalue weighted by molar-refractivity contribution is 5.46. The lowest BCUT2D eigenvalue weighted by Gasteiger charge is -2.18. The molecule has 0 aromatic carbocycles. The third kappa shape index (κ3) is 2.82. The van der Waals surface area contributed by atoms with Crippen molar-refractivity contribution in [3.63, 3.8) is 0 Å². The molecule has 0 aliphatic rings. The molecule has 5 nitrogen and oxygen atoms in total. The first-order valence-electron chi connectivity index (χ1n) is 5.52. The van der Waals surface area contributed by atoms with Crippen molar-refractivity contribution in [3.05, 3.63) is 42.0 Å². The monoisotopic (exact) mass is 231 g/mol. The molecule has 0 fully saturated rings. The third-order valence-corrected chi connectivity index (χ3v) is 2.63. The normalized spacial score (nSPS) is 10.5. The molecule has 2 aromatic rings. The van der Waals surface area contributed by atoms with Crippen LogP contribution in [0.25, 0.3) is 0 Å². The Labute approximate surface area is 101 Å². The van der Waals surface area contributed by atoms with E-state index in [1.807, 2.05) is 38.6 Å². The van der Waals surface area contributed by atoms with Gasteiger partial charge in [-0.3, -0.25) is 9.67 Å². The highest BCUT2D eigenvalue weighted by atomic mass is 15.2. The van der Waals surface area contributed by atoms with Crippen molar-refractivity contribution in [2.45, 2.75) is 13.1 Å². The number of aryl methyl sites for hydroxylation is 1. The van der Waals surface area contributed by atoms with Crippen molar-refractivity contribution in [3.8, 4) is 0 Å². The van der Waals surface area contributed by atoms with Crippen LogP contribution >= 0.6 is 0 Å². The van der Waals surface area contributed by atoms with Crippen molar-refractivity contribution in [1.82, 2.24) is 14.8 Å². The van der Waals surface area contributed by atoms with E-state index in [0.29, 0.717) is 6.54 Å². The summed E-state index contributed by atoms with van der Waals surface area (Å²) >= 11 is 0. The first-order chi connectivity index (χ1) is 8.19. The highest BCUT2D eigenvalue weighted by Crippen LogP contribution is 2.15. The molecule has 0 saturated carbocycles. The summed E-state index contributed by atoms with van der Waals surface area (Å²) in [4.78, 5) is 6.33. The second-order valence-electron chi connectivity index (χ2n) is 4.09. The number of rotatable bonds is 4. The zero-order chi connectivity index (χ0) is 12.3. The summed E-state index contributed by atoms with van der Waals surface area (Å²) in [5, 5.41) is 4.15. The number of aromatic nitrogens is 3. The predicted molar refractivity (Wildman–Crippen MR) is 67.4 cm³/mol. The summed E-state index contributed by atoms with van der Waals surface area (Å²) < 4.78 is 1.81. The van der Waals surface area contributed by atoms with E-state index in [0.717, 1.165) is 17.9 Å². The van der Waals surface area contributed by atoms with Crippen molar-refractivity contribution in [1.29, 1.82) is 0 Å². The van der Waals surface area contributed by atoms with Crippen molar-refractivity contribution in [2.75, 3.05) is 11.9 Å². The third-order valence-electron chi connectivity index (χ3n) is 2.63. The van der Waals surface area contributed by atoms with Gasteiger partial charge in [-0.05, 0) is 12.1 Å². The summed E-state index contributed by atoms with van der Waals surface area (Å²) in [7, 11) is 3.96. The lowest BCUT2D eigenvalue weighted by atomic mass is 10.2. The van der Waals surface area contributed by atoms with Crippen molar-refractivity contribution in [2.24, 2.45) is 12.8 Å². The second kappa shape index (κ2) is 4.97. The SMILES string of the molecule is CN(Cc1cnn(C)c1)c1ccnc(CN)c1. The molecule has 0 amide bonds. The van der Waals surface area contributed by atoms with Crippen LogP contribution in [0.2, 0.25) is 0 Å². The minimum absolute atomic E-state index is 0.467. The highest BCUT2D eigenvalue weighted by Gasteiger charge is 2.04. The summed E-state index contributed by atoms with van der Waals surface area (Å²) in [6, 6.07) is 3.99. The smallest absolute Gasteiger partial charge is 0.0560 e. The molecule has 17 heavy (non-hydrogen) atoms. The van der Waals surface area contributed by atoms with Crippen LogP contribution in [-0.2, 0) is 20.1 Å². The van der Waals surface area contributed by atoms with E-state index in [2.05, 4.69) is 15.0 Å². The number of anilines is 1. The van der Waals surface area contributed by atoms with Gasteiger partial charge in [-0.1, -0.05) is 0 Å². The lowest BCUT2D eigenvalue weighted by Crippen LogP contribution is -2.16. The summed E-state index contributed by atoms with van der Waals surface area (Å²) in [5.74, 6) is 0. The Bertz CT molecular complexity index is 491. The molecule has 0 saturated heterocycles. The average Bonchev–Trinajstić information content (AvgIpc) is 2.75. The van der Waals surface area contributed by atoms with E-state index in [-0.39, 0.29) is 0 Å². The molecule has 2 aromatic heterocycles. The molecule has 0 unspecified atom stereocenters. The Kier molecular flexibility index (Phi) is 3.39. The molecule has 90 valence electrons. The molecular weight excluding hydrogens is 214 g/mol. The molecule has 2 heterocycles. The van der Waals surface area contributed by atoms with Crippen LogP contribution < -0.4 is 10.6 Å². The quantitative estimate of drug-likeness (QED) is 0.849. The zero-order valence-corrected chi connectivity index (χ0v) is 10.2. The van der Waals surface area contributed by atoms with Crippen molar-refractivity contribution < 1.29 is 0 Å². The van der Waals surface area contributed by atoms with Gasteiger partial charge in [0.05, 0.1) is 11.9 Å². The van der Waals surface area contributed by atoms with Crippen LogP contribution in [0.3, 0.4) is 0 Å². The van der Waals surface area contributed by atoms with Crippen LogP contribution in [0.1, 0.15) is 11.3 Å².